The van der Waals surface area contributed by atoms with E-state index in [0.717, 1.165) is 11.6 Å². The van der Waals surface area contributed by atoms with E-state index in [1.807, 2.05) is 12.1 Å². The number of nitrogens with zero attached hydrogens (tertiary/aromatic N) is 1. The van der Waals surface area contributed by atoms with Gasteiger partial charge in [0.2, 0.25) is 11.7 Å². The molecule has 0 bridgehead atoms. The normalized spacial score (nSPS) is 15.2. The van der Waals surface area contributed by atoms with Crippen molar-refractivity contribution >= 4 is 29.5 Å². The molecule has 2 amide bonds. The number of carboxylic acids is 1. The Hall–Kier alpha value is -4.87. The van der Waals surface area contributed by atoms with Gasteiger partial charge < -0.3 is 34.3 Å². The van der Waals surface area contributed by atoms with E-state index in [2.05, 4.69) is 11.9 Å². The summed E-state index contributed by atoms with van der Waals surface area (Å²) in [6, 6.07) is 10.9. The Kier molecular flexibility index (Phi) is 12.7. The zero-order valence-corrected chi connectivity index (χ0v) is 26.7. The smallest absolute Gasteiger partial charge is 0.341 e. The molecule has 1 fully saturated rings. The molecule has 248 valence electrons. The van der Waals surface area contributed by atoms with Crippen LogP contribution >= 0.6 is 0 Å². The van der Waals surface area contributed by atoms with E-state index in [1.165, 1.54) is 18.7 Å². The lowest BCUT2D eigenvalue weighted by molar-refractivity contribution is -0.157. The molecule has 12 heteroatoms. The number of likely N-dealkylation sites (tertiary alicyclic amines) is 1. The van der Waals surface area contributed by atoms with Crippen LogP contribution in [-0.2, 0) is 35.1 Å². The first-order valence-corrected chi connectivity index (χ1v) is 15.0. The van der Waals surface area contributed by atoms with Gasteiger partial charge in [-0.15, -0.1) is 0 Å². The highest BCUT2D eigenvalue weighted by Gasteiger charge is 2.41. The van der Waals surface area contributed by atoms with Crippen molar-refractivity contribution in [3.8, 4) is 17.2 Å². The lowest BCUT2D eigenvalue weighted by atomic mass is 9.87. The summed E-state index contributed by atoms with van der Waals surface area (Å²) in [7, 11) is 3.10. The van der Waals surface area contributed by atoms with Gasteiger partial charge in [-0.1, -0.05) is 24.8 Å². The maximum Gasteiger partial charge on any atom is 0.341 e. The summed E-state index contributed by atoms with van der Waals surface area (Å²) in [6.07, 6.45) is 3.61. The molecular weight excluding hydrogens is 596 g/mol. The monoisotopic (exact) mass is 638 g/mol. The first kappa shape index (κ1) is 35.6. The van der Waals surface area contributed by atoms with Gasteiger partial charge in [0, 0.05) is 12.6 Å². The van der Waals surface area contributed by atoms with Crippen molar-refractivity contribution in [1.82, 2.24) is 10.2 Å². The van der Waals surface area contributed by atoms with Crippen LogP contribution in [0.5, 0.6) is 17.2 Å². The summed E-state index contributed by atoms with van der Waals surface area (Å²) in [6.45, 7) is 5.73. The Bertz CT molecular complexity index is 1440. The van der Waals surface area contributed by atoms with Crippen LogP contribution in [0.2, 0.25) is 0 Å². The van der Waals surface area contributed by atoms with Crippen molar-refractivity contribution in [1.29, 1.82) is 0 Å². The summed E-state index contributed by atoms with van der Waals surface area (Å²) in [5.74, 6) is -2.37. The van der Waals surface area contributed by atoms with Crippen molar-refractivity contribution in [3.05, 3.63) is 66.2 Å². The van der Waals surface area contributed by atoms with Crippen molar-refractivity contribution in [3.63, 3.8) is 0 Å². The third kappa shape index (κ3) is 9.56. The molecule has 2 N–H and O–H groups in total. The molecule has 1 unspecified atom stereocenters. The molecule has 1 saturated heterocycles. The number of carbonyl (C=O) groups is 5. The highest BCUT2D eigenvalue weighted by molar-refractivity contribution is 6.38. The maximum atomic E-state index is 13.9. The van der Waals surface area contributed by atoms with Crippen LogP contribution in [0.4, 0.5) is 0 Å². The van der Waals surface area contributed by atoms with Gasteiger partial charge in [0.25, 0.3) is 5.91 Å². The molecule has 2 aromatic rings. The second kappa shape index (κ2) is 16.4. The van der Waals surface area contributed by atoms with Gasteiger partial charge in [-0.05, 0) is 81.3 Å². The number of amides is 2. The number of ketones is 1. The number of methoxy groups -OCH3 is 2. The average Bonchev–Trinajstić information content (AvgIpc) is 3.07. The zero-order valence-electron chi connectivity index (χ0n) is 26.7. The fourth-order valence-corrected chi connectivity index (χ4v) is 5.15. The molecule has 2 atom stereocenters. The van der Waals surface area contributed by atoms with E-state index in [9.17, 15) is 24.0 Å². The summed E-state index contributed by atoms with van der Waals surface area (Å²) in [4.78, 5) is 64.5. The Balaban J connectivity index is 1.85. The van der Waals surface area contributed by atoms with E-state index in [0.29, 0.717) is 54.9 Å². The van der Waals surface area contributed by atoms with E-state index in [4.69, 9.17) is 24.1 Å². The number of piperidine rings is 1. The van der Waals surface area contributed by atoms with E-state index < -0.39 is 53.6 Å². The maximum absolute atomic E-state index is 13.9. The van der Waals surface area contributed by atoms with Crippen LogP contribution in [0.15, 0.2) is 55.1 Å². The van der Waals surface area contributed by atoms with Crippen LogP contribution in [0.3, 0.4) is 0 Å². The molecule has 0 saturated carbocycles. The molecule has 0 aromatic heterocycles. The second-order valence-corrected chi connectivity index (χ2v) is 11.6. The molecule has 1 aliphatic rings. The fourth-order valence-electron chi connectivity index (χ4n) is 5.15. The lowest BCUT2D eigenvalue weighted by Crippen LogP contribution is -2.56. The first-order valence-electron chi connectivity index (χ1n) is 15.0. The van der Waals surface area contributed by atoms with Crippen molar-refractivity contribution in [2.75, 3.05) is 34.0 Å². The third-order valence-corrected chi connectivity index (χ3v) is 7.73. The number of hydrogen-bond acceptors (Lipinski definition) is 9. The summed E-state index contributed by atoms with van der Waals surface area (Å²) >= 11 is 0. The molecule has 12 nitrogen and oxygen atoms in total. The molecule has 1 heterocycles. The third-order valence-electron chi connectivity index (χ3n) is 7.73. The van der Waals surface area contributed by atoms with Gasteiger partial charge in [0.15, 0.2) is 18.1 Å². The van der Waals surface area contributed by atoms with Crippen LogP contribution < -0.4 is 19.5 Å². The van der Waals surface area contributed by atoms with E-state index in [1.54, 1.807) is 44.6 Å². The second-order valence-electron chi connectivity index (χ2n) is 11.6. The average molecular weight is 639 g/mol. The lowest BCUT2D eigenvalue weighted by Gasteiger charge is -2.36. The quantitative estimate of drug-likeness (QED) is 0.158. The highest BCUT2D eigenvalue weighted by Crippen LogP contribution is 2.30. The number of carboxylic acid groups (broad SMARTS) is 1. The summed E-state index contributed by atoms with van der Waals surface area (Å²) in [5.41, 5.74) is 0.285. The number of aryl methyl sites for hydroxylation is 1. The van der Waals surface area contributed by atoms with Crippen LogP contribution in [0.1, 0.15) is 56.7 Å². The fraction of sp³-hybridized carbons (Fsp3) is 0.441. The van der Waals surface area contributed by atoms with Crippen LogP contribution in [0.25, 0.3) is 0 Å². The van der Waals surface area contributed by atoms with Crippen molar-refractivity contribution < 1.29 is 48.0 Å². The van der Waals surface area contributed by atoms with Gasteiger partial charge in [-0.2, -0.15) is 0 Å². The molecule has 1 aliphatic heterocycles. The Morgan fingerprint density at radius 1 is 1.07 bits per heavy atom. The number of esters is 1. The number of nitrogens with one attached hydrogen (secondary N) is 1. The largest absolute Gasteiger partial charge is 0.493 e. The summed E-state index contributed by atoms with van der Waals surface area (Å²) < 4.78 is 21.2. The van der Waals surface area contributed by atoms with Crippen LogP contribution in [0, 0.1) is 5.41 Å². The number of Topliss-reactive ketones (excluding diaryl/α,β-unsaturated/α-hetero) is 1. The molecule has 46 heavy (non-hydrogen) atoms. The Morgan fingerprint density at radius 3 is 2.48 bits per heavy atom. The predicted molar refractivity (Wildman–Crippen MR) is 168 cm³/mol. The minimum absolute atomic E-state index is 0.222. The molecule has 0 aliphatic carbocycles. The SMILES string of the molecule is C=CC(=O)OCC(C)(C)C(=O)C(=O)N1CCCCC1C(=O)N[C@H](CCc1ccc(OC)c(OC)c1)c1cccc(OCC(=O)O)c1. The molecule has 0 spiro atoms. The first-order chi connectivity index (χ1) is 21.9. The van der Waals surface area contributed by atoms with E-state index in [-0.39, 0.29) is 13.2 Å². The number of aliphatic carboxylic acids is 1. The minimum Gasteiger partial charge on any atom is -0.493 e. The van der Waals surface area contributed by atoms with Gasteiger partial charge in [0.1, 0.15) is 18.4 Å². The van der Waals surface area contributed by atoms with Crippen molar-refractivity contribution in [2.24, 2.45) is 5.41 Å². The van der Waals surface area contributed by atoms with Gasteiger partial charge in [0.05, 0.1) is 25.7 Å². The molecule has 0 radical (unpaired) electrons. The number of hydrogen-bond donors (Lipinski definition) is 2. The van der Waals surface area contributed by atoms with Gasteiger partial charge in [-0.25, -0.2) is 9.59 Å². The number of benzene rings is 2. The van der Waals surface area contributed by atoms with Gasteiger partial charge >= 0.3 is 11.9 Å². The molecule has 2 aromatic carbocycles. The predicted octanol–water partition coefficient (Wildman–Crippen LogP) is 3.66. The number of carbonyl (C=O) groups excluding carboxylic acids is 4. The minimum atomic E-state index is -1.31. The van der Waals surface area contributed by atoms with E-state index >= 15 is 0 Å². The van der Waals surface area contributed by atoms with Crippen molar-refractivity contribution in [2.45, 2.75) is 58.0 Å². The zero-order chi connectivity index (χ0) is 33.9. The topological polar surface area (TPSA) is 158 Å². The number of rotatable bonds is 16. The molecular formula is C34H42N2O10. The Labute approximate surface area is 268 Å². The Morgan fingerprint density at radius 2 is 1.80 bits per heavy atom. The number of ether oxygens (including phenoxy) is 4. The van der Waals surface area contributed by atoms with Gasteiger partial charge in [-0.3, -0.25) is 14.4 Å². The standard InChI is InChI=1S/C34H42N2O10/c1-6-30(39)46-21-34(2,3)31(40)33(42)36-17-8-7-12-26(36)32(41)35-25(23-10-9-11-24(19-23)45-20-29(37)38)15-13-22-14-16-27(43-4)28(18-22)44-5/h6,9-11,14,16,18-19,25-26H,1,7-8,12-13,15,17,20-21H2,2-5H3,(H,35,41)(H,37,38)/t25-,26?/m1/s1. The highest BCUT2D eigenvalue weighted by atomic mass is 16.5. The molecule has 3 rings (SSSR count). The summed E-state index contributed by atoms with van der Waals surface area (Å²) in [5, 5.41) is 12.1. The van der Waals surface area contributed by atoms with Crippen LogP contribution in [-0.4, -0.2) is 79.6 Å².